The molecule has 2 aromatic heterocycles. The van der Waals surface area contributed by atoms with Crippen molar-refractivity contribution < 1.29 is 4.52 Å². The number of nitrogens with zero attached hydrogens (tertiary/aromatic N) is 4. The second kappa shape index (κ2) is 3.97. The van der Waals surface area contributed by atoms with E-state index in [1.165, 1.54) is 12.8 Å². The molecule has 1 saturated carbocycles. The van der Waals surface area contributed by atoms with Crippen LogP contribution in [0.3, 0.4) is 0 Å². The van der Waals surface area contributed by atoms with E-state index in [2.05, 4.69) is 25.4 Å². The molecular formula is C10H11N5O. The van der Waals surface area contributed by atoms with Gasteiger partial charge in [0.15, 0.2) is 0 Å². The average Bonchev–Trinajstić information content (AvgIpc) is 3.05. The summed E-state index contributed by atoms with van der Waals surface area (Å²) in [6.45, 7) is 0.623. The minimum atomic E-state index is 0.487. The standard InChI is InChI=1S/C10H11N5O/c1-2-7(1)13-6-9-14-10(15-16-9)8-5-11-3-4-12-8/h3-5,7,13H,1-2,6H2. The van der Waals surface area contributed by atoms with Crippen molar-refractivity contribution in [2.24, 2.45) is 0 Å². The van der Waals surface area contributed by atoms with Gasteiger partial charge in [0.2, 0.25) is 11.7 Å². The summed E-state index contributed by atoms with van der Waals surface area (Å²) in [6.07, 6.45) is 7.31. The summed E-state index contributed by atoms with van der Waals surface area (Å²) >= 11 is 0. The number of hydrogen-bond acceptors (Lipinski definition) is 6. The van der Waals surface area contributed by atoms with Crippen molar-refractivity contribution in [1.29, 1.82) is 0 Å². The van der Waals surface area contributed by atoms with Crippen LogP contribution in [0.25, 0.3) is 11.5 Å². The maximum Gasteiger partial charge on any atom is 0.240 e. The van der Waals surface area contributed by atoms with Crippen LogP contribution >= 0.6 is 0 Å². The molecule has 1 fully saturated rings. The highest BCUT2D eigenvalue weighted by molar-refractivity contribution is 5.45. The minimum absolute atomic E-state index is 0.487. The molecule has 0 bridgehead atoms. The fourth-order valence-corrected chi connectivity index (χ4v) is 1.36. The second-order valence-electron chi connectivity index (χ2n) is 3.76. The smallest absolute Gasteiger partial charge is 0.240 e. The molecule has 6 nitrogen and oxygen atoms in total. The van der Waals surface area contributed by atoms with Gasteiger partial charge in [0.05, 0.1) is 12.7 Å². The van der Waals surface area contributed by atoms with Gasteiger partial charge >= 0.3 is 0 Å². The van der Waals surface area contributed by atoms with Crippen LogP contribution in [-0.2, 0) is 6.54 Å². The third-order valence-electron chi connectivity index (χ3n) is 2.38. The quantitative estimate of drug-likeness (QED) is 0.815. The Morgan fingerprint density at radius 1 is 1.38 bits per heavy atom. The van der Waals surface area contributed by atoms with E-state index in [1.807, 2.05) is 0 Å². The summed E-state index contributed by atoms with van der Waals surface area (Å²) in [5.41, 5.74) is 0.629. The first kappa shape index (κ1) is 9.41. The maximum absolute atomic E-state index is 5.11. The van der Waals surface area contributed by atoms with E-state index in [9.17, 15) is 0 Å². The van der Waals surface area contributed by atoms with Crippen molar-refractivity contribution in [1.82, 2.24) is 25.4 Å². The first-order chi connectivity index (χ1) is 7.92. The molecule has 0 radical (unpaired) electrons. The fraction of sp³-hybridized carbons (Fsp3) is 0.400. The first-order valence-corrected chi connectivity index (χ1v) is 5.24. The zero-order chi connectivity index (χ0) is 10.8. The van der Waals surface area contributed by atoms with Crippen molar-refractivity contribution in [3.05, 3.63) is 24.5 Å². The molecular weight excluding hydrogens is 206 g/mol. The van der Waals surface area contributed by atoms with Gasteiger partial charge in [-0.25, -0.2) is 4.98 Å². The molecule has 0 aliphatic heterocycles. The van der Waals surface area contributed by atoms with Crippen LogP contribution in [0, 0.1) is 0 Å². The monoisotopic (exact) mass is 217 g/mol. The largest absolute Gasteiger partial charge is 0.337 e. The first-order valence-electron chi connectivity index (χ1n) is 5.24. The molecule has 6 heteroatoms. The lowest BCUT2D eigenvalue weighted by Crippen LogP contribution is -2.15. The van der Waals surface area contributed by atoms with Gasteiger partial charge in [-0.2, -0.15) is 4.98 Å². The van der Waals surface area contributed by atoms with Crippen LogP contribution in [0.15, 0.2) is 23.1 Å². The third kappa shape index (κ3) is 2.06. The molecule has 3 rings (SSSR count). The lowest BCUT2D eigenvalue weighted by molar-refractivity contribution is 0.367. The minimum Gasteiger partial charge on any atom is -0.337 e. The van der Waals surface area contributed by atoms with Gasteiger partial charge in [-0.15, -0.1) is 0 Å². The normalized spacial score (nSPS) is 15.2. The Bertz CT molecular complexity index is 465. The Balaban J connectivity index is 1.71. The fourth-order valence-electron chi connectivity index (χ4n) is 1.36. The van der Waals surface area contributed by atoms with E-state index >= 15 is 0 Å². The van der Waals surface area contributed by atoms with Crippen molar-refractivity contribution in [2.45, 2.75) is 25.4 Å². The highest BCUT2D eigenvalue weighted by atomic mass is 16.5. The lowest BCUT2D eigenvalue weighted by Gasteiger charge is -1.94. The van der Waals surface area contributed by atoms with Crippen molar-refractivity contribution in [3.63, 3.8) is 0 Å². The highest BCUT2D eigenvalue weighted by Crippen LogP contribution is 2.19. The predicted molar refractivity (Wildman–Crippen MR) is 55.2 cm³/mol. The van der Waals surface area contributed by atoms with Crippen LogP contribution < -0.4 is 5.32 Å². The molecule has 0 aromatic carbocycles. The number of aromatic nitrogens is 4. The molecule has 82 valence electrons. The Morgan fingerprint density at radius 2 is 2.31 bits per heavy atom. The average molecular weight is 217 g/mol. The molecule has 0 spiro atoms. The molecule has 16 heavy (non-hydrogen) atoms. The van der Waals surface area contributed by atoms with Crippen LogP contribution in [0.4, 0.5) is 0 Å². The molecule has 2 heterocycles. The van der Waals surface area contributed by atoms with Crippen LogP contribution in [0.1, 0.15) is 18.7 Å². The molecule has 0 atom stereocenters. The van der Waals surface area contributed by atoms with Crippen LogP contribution in [-0.4, -0.2) is 26.2 Å². The van der Waals surface area contributed by atoms with Crippen LogP contribution in [0.5, 0.6) is 0 Å². The van der Waals surface area contributed by atoms with E-state index in [0.717, 1.165) is 0 Å². The summed E-state index contributed by atoms with van der Waals surface area (Å²) in [5, 5.41) is 7.16. The molecule has 2 aromatic rings. The second-order valence-corrected chi connectivity index (χ2v) is 3.76. The third-order valence-corrected chi connectivity index (χ3v) is 2.38. The maximum atomic E-state index is 5.11. The van der Waals surface area contributed by atoms with E-state index in [1.54, 1.807) is 18.6 Å². The molecule has 1 aliphatic rings. The van der Waals surface area contributed by atoms with Crippen molar-refractivity contribution in [2.75, 3.05) is 0 Å². The molecule has 0 saturated heterocycles. The summed E-state index contributed by atoms with van der Waals surface area (Å²) < 4.78 is 5.11. The van der Waals surface area contributed by atoms with E-state index in [0.29, 0.717) is 30.0 Å². The van der Waals surface area contributed by atoms with E-state index in [-0.39, 0.29) is 0 Å². The molecule has 0 amide bonds. The predicted octanol–water partition coefficient (Wildman–Crippen LogP) is 0.779. The number of rotatable bonds is 4. The summed E-state index contributed by atoms with van der Waals surface area (Å²) in [7, 11) is 0. The van der Waals surface area contributed by atoms with Gasteiger partial charge in [-0.1, -0.05) is 5.16 Å². The van der Waals surface area contributed by atoms with Crippen molar-refractivity contribution in [3.8, 4) is 11.5 Å². The molecule has 1 N–H and O–H groups in total. The summed E-state index contributed by atoms with van der Waals surface area (Å²) in [6, 6.07) is 0.631. The van der Waals surface area contributed by atoms with Gasteiger partial charge in [-0.3, -0.25) is 4.98 Å². The summed E-state index contributed by atoms with van der Waals surface area (Å²) in [5.74, 6) is 1.08. The van der Waals surface area contributed by atoms with E-state index in [4.69, 9.17) is 4.52 Å². The van der Waals surface area contributed by atoms with Gasteiger partial charge in [-0.05, 0) is 12.8 Å². The molecule has 0 unspecified atom stereocenters. The SMILES string of the molecule is c1cnc(-c2noc(CNC3CC3)n2)cn1. The van der Waals surface area contributed by atoms with Gasteiger partial charge in [0, 0.05) is 18.4 Å². The summed E-state index contributed by atoms with van der Waals surface area (Å²) in [4.78, 5) is 12.3. The van der Waals surface area contributed by atoms with Crippen LogP contribution in [0.2, 0.25) is 0 Å². The Hall–Kier alpha value is -1.82. The topological polar surface area (TPSA) is 76.7 Å². The number of nitrogens with one attached hydrogen (secondary N) is 1. The van der Waals surface area contributed by atoms with Crippen molar-refractivity contribution >= 4 is 0 Å². The van der Waals surface area contributed by atoms with Gasteiger partial charge < -0.3 is 9.84 Å². The Kier molecular flexibility index (Phi) is 2.34. The lowest BCUT2D eigenvalue weighted by atomic mass is 10.4. The number of hydrogen-bond donors (Lipinski definition) is 1. The Morgan fingerprint density at radius 3 is 3.06 bits per heavy atom. The Labute approximate surface area is 92.1 Å². The highest BCUT2D eigenvalue weighted by Gasteiger charge is 2.21. The van der Waals surface area contributed by atoms with Gasteiger partial charge in [0.1, 0.15) is 5.69 Å². The zero-order valence-electron chi connectivity index (χ0n) is 8.63. The molecule has 1 aliphatic carbocycles. The van der Waals surface area contributed by atoms with E-state index < -0.39 is 0 Å². The zero-order valence-corrected chi connectivity index (χ0v) is 8.63. The van der Waals surface area contributed by atoms with Gasteiger partial charge in [0.25, 0.3) is 0 Å².